The van der Waals surface area contributed by atoms with Gasteiger partial charge in [-0.3, -0.25) is 0 Å². The van der Waals surface area contributed by atoms with Crippen molar-refractivity contribution in [2.24, 2.45) is 0 Å². The normalized spacial score (nSPS) is 14.5. The zero-order chi connectivity index (χ0) is 16.5. The van der Waals surface area contributed by atoms with Crippen LogP contribution >= 0.6 is 15.9 Å². The van der Waals surface area contributed by atoms with Crippen LogP contribution in [-0.2, 0) is 5.60 Å². The van der Waals surface area contributed by atoms with Crippen molar-refractivity contribution in [2.45, 2.75) is 11.8 Å². The number of alkyl halides is 3. The van der Waals surface area contributed by atoms with Gasteiger partial charge in [0.05, 0.1) is 0 Å². The summed E-state index contributed by atoms with van der Waals surface area (Å²) in [5.41, 5.74) is -2.73. The molecule has 2 rings (SSSR count). The maximum absolute atomic E-state index is 13.6. The second-order valence-corrected chi connectivity index (χ2v) is 6.07. The van der Waals surface area contributed by atoms with Gasteiger partial charge in [0.1, 0.15) is 0 Å². The summed E-state index contributed by atoms with van der Waals surface area (Å²) in [6.07, 6.45) is -4.83. The van der Waals surface area contributed by atoms with Gasteiger partial charge in [0.25, 0.3) is 0 Å². The summed E-state index contributed by atoms with van der Waals surface area (Å²) in [6.45, 7) is 0. The van der Waals surface area contributed by atoms with Crippen LogP contribution in [0.2, 0.25) is 0 Å². The van der Waals surface area contributed by atoms with E-state index in [1.807, 2.05) is 0 Å². The fraction of sp³-hybridized carbons (Fsp3) is 0.250. The molecule has 0 aromatic heterocycles. The first-order valence-electron chi connectivity index (χ1n) is 6.49. The van der Waals surface area contributed by atoms with Gasteiger partial charge in [0.15, 0.2) is 0 Å². The number of aliphatic hydroxyl groups is 1. The van der Waals surface area contributed by atoms with Gasteiger partial charge in [-0.15, -0.1) is 0 Å². The summed E-state index contributed by atoms with van der Waals surface area (Å²) in [4.78, 5) is 1.77. The van der Waals surface area contributed by atoms with Crippen molar-refractivity contribution in [3.8, 4) is 0 Å². The van der Waals surface area contributed by atoms with E-state index in [1.165, 1.54) is 36.4 Å². The van der Waals surface area contributed by atoms with Gasteiger partial charge in [-0.25, -0.2) is 0 Å². The minimum atomic E-state index is -4.83. The number of benzene rings is 2. The zero-order valence-electron chi connectivity index (χ0n) is 12.0. The summed E-state index contributed by atoms with van der Waals surface area (Å²) in [6, 6.07) is 11.2. The van der Waals surface area contributed by atoms with Crippen LogP contribution in [0.25, 0.3) is 0 Å². The summed E-state index contributed by atoms with van der Waals surface area (Å²) in [7, 11) is 3.58. The molecule has 0 fully saturated rings. The van der Waals surface area contributed by atoms with Crippen LogP contribution in [0.15, 0.2) is 53.0 Å². The average molecular weight is 374 g/mol. The first kappa shape index (κ1) is 16.8. The molecule has 0 aliphatic heterocycles. The molecule has 2 aromatic carbocycles. The van der Waals surface area contributed by atoms with Gasteiger partial charge in [0.2, 0.25) is 5.60 Å². The Morgan fingerprint density at radius 1 is 0.864 bits per heavy atom. The Kier molecular flexibility index (Phi) is 4.54. The molecule has 0 saturated heterocycles. The highest BCUT2D eigenvalue weighted by Crippen LogP contribution is 2.44. The molecule has 0 saturated carbocycles. The second-order valence-electron chi connectivity index (χ2n) is 5.16. The Balaban J connectivity index is 2.57. The minimum absolute atomic E-state index is 0.215. The fourth-order valence-electron chi connectivity index (χ4n) is 2.19. The third kappa shape index (κ3) is 2.98. The number of rotatable bonds is 3. The Labute approximate surface area is 135 Å². The summed E-state index contributed by atoms with van der Waals surface area (Å²) < 4.78 is 41.3. The molecule has 0 radical (unpaired) electrons. The van der Waals surface area contributed by atoms with E-state index in [-0.39, 0.29) is 11.1 Å². The Bertz CT molecular complexity index is 638. The van der Waals surface area contributed by atoms with E-state index < -0.39 is 11.8 Å². The Hall–Kier alpha value is -1.53. The van der Waals surface area contributed by atoms with E-state index in [4.69, 9.17) is 0 Å². The van der Waals surface area contributed by atoms with Crippen LogP contribution in [-0.4, -0.2) is 25.4 Å². The van der Waals surface area contributed by atoms with Gasteiger partial charge in [-0.05, 0) is 35.4 Å². The molecular formula is C16H15BrF3NO. The van der Waals surface area contributed by atoms with Crippen LogP contribution in [0.1, 0.15) is 11.1 Å². The highest BCUT2D eigenvalue weighted by molar-refractivity contribution is 9.10. The van der Waals surface area contributed by atoms with E-state index in [0.717, 1.165) is 5.69 Å². The third-order valence-electron chi connectivity index (χ3n) is 3.47. The number of anilines is 1. The van der Waals surface area contributed by atoms with Crippen molar-refractivity contribution in [3.05, 3.63) is 64.1 Å². The lowest BCUT2D eigenvalue weighted by molar-refractivity contribution is -0.248. The van der Waals surface area contributed by atoms with Gasteiger partial charge in [-0.2, -0.15) is 13.2 Å². The van der Waals surface area contributed by atoms with Crippen LogP contribution in [0.3, 0.4) is 0 Å². The second kappa shape index (κ2) is 5.93. The molecule has 2 nitrogen and oxygen atoms in total. The molecule has 1 atom stereocenters. The Morgan fingerprint density at radius 3 is 1.64 bits per heavy atom. The van der Waals surface area contributed by atoms with E-state index in [0.29, 0.717) is 4.47 Å². The van der Waals surface area contributed by atoms with Gasteiger partial charge in [-0.1, -0.05) is 40.2 Å². The zero-order valence-corrected chi connectivity index (χ0v) is 13.6. The van der Waals surface area contributed by atoms with Crippen molar-refractivity contribution in [1.29, 1.82) is 0 Å². The minimum Gasteiger partial charge on any atom is -0.378 e. The molecule has 0 bridgehead atoms. The van der Waals surface area contributed by atoms with Gasteiger partial charge < -0.3 is 10.0 Å². The molecule has 0 aliphatic rings. The first-order chi connectivity index (χ1) is 10.2. The van der Waals surface area contributed by atoms with Crippen molar-refractivity contribution in [2.75, 3.05) is 19.0 Å². The summed E-state index contributed by atoms with van der Waals surface area (Å²) in [5.74, 6) is 0. The van der Waals surface area contributed by atoms with Crippen LogP contribution in [0.4, 0.5) is 18.9 Å². The molecule has 1 N–H and O–H groups in total. The molecule has 2 aromatic rings. The molecule has 22 heavy (non-hydrogen) atoms. The predicted molar refractivity (Wildman–Crippen MR) is 84.0 cm³/mol. The van der Waals surface area contributed by atoms with Crippen LogP contribution < -0.4 is 4.90 Å². The number of hydrogen-bond acceptors (Lipinski definition) is 2. The maximum atomic E-state index is 13.6. The lowest BCUT2D eigenvalue weighted by Crippen LogP contribution is -2.43. The van der Waals surface area contributed by atoms with Gasteiger partial charge >= 0.3 is 6.18 Å². The summed E-state index contributed by atoms with van der Waals surface area (Å²) >= 11 is 3.18. The van der Waals surface area contributed by atoms with Crippen molar-refractivity contribution >= 4 is 21.6 Å². The Morgan fingerprint density at radius 2 is 1.27 bits per heavy atom. The van der Waals surface area contributed by atoms with E-state index in [9.17, 15) is 18.3 Å². The SMILES string of the molecule is CN(C)c1ccc(C(O)(c2ccc(Br)cc2)C(F)(F)F)cc1. The first-order valence-corrected chi connectivity index (χ1v) is 7.28. The molecule has 1 unspecified atom stereocenters. The quantitative estimate of drug-likeness (QED) is 0.866. The average Bonchev–Trinajstić information content (AvgIpc) is 2.46. The molecular weight excluding hydrogens is 359 g/mol. The number of halogens is 4. The highest BCUT2D eigenvalue weighted by Gasteiger charge is 2.56. The molecule has 6 heteroatoms. The van der Waals surface area contributed by atoms with E-state index >= 15 is 0 Å². The van der Waals surface area contributed by atoms with Crippen molar-refractivity contribution in [1.82, 2.24) is 0 Å². The van der Waals surface area contributed by atoms with Crippen molar-refractivity contribution < 1.29 is 18.3 Å². The number of nitrogens with zero attached hydrogens (tertiary/aromatic N) is 1. The van der Waals surface area contributed by atoms with Crippen LogP contribution in [0.5, 0.6) is 0 Å². The monoisotopic (exact) mass is 373 g/mol. The molecule has 0 aliphatic carbocycles. The molecule has 0 amide bonds. The lowest BCUT2D eigenvalue weighted by atomic mass is 9.85. The lowest BCUT2D eigenvalue weighted by Gasteiger charge is -2.32. The largest absolute Gasteiger partial charge is 0.425 e. The van der Waals surface area contributed by atoms with E-state index in [2.05, 4.69) is 15.9 Å². The fourth-order valence-corrected chi connectivity index (χ4v) is 2.45. The maximum Gasteiger partial charge on any atom is 0.425 e. The predicted octanol–water partition coefficient (Wildman–Crippen LogP) is 4.31. The third-order valence-corrected chi connectivity index (χ3v) is 4.00. The number of hydrogen-bond donors (Lipinski definition) is 1. The molecule has 118 valence electrons. The topological polar surface area (TPSA) is 23.5 Å². The summed E-state index contributed by atoms with van der Waals surface area (Å²) in [5, 5.41) is 10.5. The van der Waals surface area contributed by atoms with E-state index in [1.54, 1.807) is 31.1 Å². The smallest absolute Gasteiger partial charge is 0.378 e. The van der Waals surface area contributed by atoms with Gasteiger partial charge in [0, 0.05) is 24.3 Å². The highest BCUT2D eigenvalue weighted by atomic mass is 79.9. The van der Waals surface area contributed by atoms with Crippen LogP contribution in [0, 0.1) is 0 Å². The van der Waals surface area contributed by atoms with Crippen molar-refractivity contribution in [3.63, 3.8) is 0 Å². The molecule has 0 heterocycles. The standard InChI is InChI=1S/C16H15BrF3NO/c1-21(2)14-9-5-12(6-10-14)15(22,16(18,19)20)11-3-7-13(17)8-4-11/h3-10,22H,1-2H3. The molecule has 0 spiro atoms.